The molecule has 64 valence electrons. The topological polar surface area (TPSA) is 30.0 Å². The molecular formula is C9H10FNO. The number of carbonyl (C=O) groups is 1. The van der Waals surface area contributed by atoms with Gasteiger partial charge in [0.15, 0.2) is 0 Å². The van der Waals surface area contributed by atoms with Crippen molar-refractivity contribution in [2.75, 3.05) is 0 Å². The van der Waals surface area contributed by atoms with E-state index >= 15 is 0 Å². The molecule has 12 heavy (non-hydrogen) atoms. The van der Waals surface area contributed by atoms with Gasteiger partial charge in [0.25, 0.3) is 0 Å². The van der Waals surface area contributed by atoms with Crippen LogP contribution in [0.15, 0.2) is 18.3 Å². The number of aldehydes is 1. The minimum absolute atomic E-state index is 0.194. The minimum Gasteiger partial charge on any atom is -0.302 e. The predicted molar refractivity (Wildman–Crippen MR) is 43.3 cm³/mol. The first-order valence-corrected chi connectivity index (χ1v) is 3.65. The highest BCUT2D eigenvalue weighted by molar-refractivity contribution is 5.65. The summed E-state index contributed by atoms with van der Waals surface area (Å²) < 4.78 is 13.1. The summed E-state index contributed by atoms with van der Waals surface area (Å²) in [4.78, 5) is 14.4. The van der Waals surface area contributed by atoms with Crippen LogP contribution >= 0.6 is 0 Å². The van der Waals surface area contributed by atoms with E-state index < -0.39 is 11.2 Å². The molecule has 0 N–H and O–H groups in total. The second-order valence-corrected chi connectivity index (χ2v) is 3.17. The van der Waals surface area contributed by atoms with Gasteiger partial charge in [-0.3, -0.25) is 4.98 Å². The molecule has 1 heterocycles. The van der Waals surface area contributed by atoms with Gasteiger partial charge in [0.1, 0.15) is 12.1 Å². The van der Waals surface area contributed by atoms with Crippen LogP contribution in [0, 0.1) is 5.82 Å². The zero-order chi connectivity index (χ0) is 9.19. The van der Waals surface area contributed by atoms with Crippen molar-refractivity contribution < 1.29 is 9.18 Å². The lowest BCUT2D eigenvalue weighted by molar-refractivity contribution is -0.111. The van der Waals surface area contributed by atoms with Crippen molar-refractivity contribution in [2.45, 2.75) is 19.3 Å². The Labute approximate surface area is 70.4 Å². The Balaban J connectivity index is 3.19. The van der Waals surface area contributed by atoms with E-state index in [9.17, 15) is 9.18 Å². The number of nitrogens with zero attached hydrogens (tertiary/aromatic N) is 1. The molecular weight excluding hydrogens is 157 g/mol. The SMILES string of the molecule is CC(C)(C=O)c1ncccc1F. The minimum atomic E-state index is -0.842. The summed E-state index contributed by atoms with van der Waals surface area (Å²) in [5.74, 6) is -0.436. The Morgan fingerprint density at radius 1 is 1.58 bits per heavy atom. The molecule has 0 bridgehead atoms. The molecule has 1 aromatic rings. The van der Waals surface area contributed by atoms with Crippen LogP contribution in [0.4, 0.5) is 4.39 Å². The van der Waals surface area contributed by atoms with Gasteiger partial charge < -0.3 is 4.79 Å². The van der Waals surface area contributed by atoms with E-state index in [-0.39, 0.29) is 5.69 Å². The molecule has 0 amide bonds. The summed E-state index contributed by atoms with van der Waals surface area (Å²) in [6.45, 7) is 3.26. The van der Waals surface area contributed by atoms with Gasteiger partial charge in [-0.15, -0.1) is 0 Å². The number of hydrogen-bond donors (Lipinski definition) is 0. The van der Waals surface area contributed by atoms with Crippen LogP contribution in [0.1, 0.15) is 19.5 Å². The van der Waals surface area contributed by atoms with Crippen LogP contribution in [0.3, 0.4) is 0 Å². The third-order valence-corrected chi connectivity index (χ3v) is 1.66. The molecule has 0 aliphatic carbocycles. The van der Waals surface area contributed by atoms with Crippen LogP contribution in [0.5, 0.6) is 0 Å². The third kappa shape index (κ3) is 1.49. The van der Waals surface area contributed by atoms with E-state index in [0.717, 1.165) is 0 Å². The van der Waals surface area contributed by atoms with Crippen molar-refractivity contribution in [1.82, 2.24) is 4.98 Å². The first kappa shape index (κ1) is 8.84. The number of halogens is 1. The number of rotatable bonds is 2. The lowest BCUT2D eigenvalue weighted by Crippen LogP contribution is -2.22. The summed E-state index contributed by atoms with van der Waals surface area (Å²) in [6, 6.07) is 2.80. The Morgan fingerprint density at radius 3 is 2.75 bits per heavy atom. The molecule has 0 unspecified atom stereocenters. The maximum atomic E-state index is 13.1. The number of hydrogen-bond acceptors (Lipinski definition) is 2. The van der Waals surface area contributed by atoms with Gasteiger partial charge >= 0.3 is 0 Å². The van der Waals surface area contributed by atoms with Gasteiger partial charge in [-0.25, -0.2) is 4.39 Å². The fraction of sp³-hybridized carbons (Fsp3) is 0.333. The first-order chi connectivity index (χ1) is 5.58. The summed E-state index contributed by atoms with van der Waals surface area (Å²) in [6.07, 6.45) is 2.17. The number of carbonyl (C=O) groups excluding carboxylic acids is 1. The summed E-state index contributed by atoms with van der Waals surface area (Å²) in [5, 5.41) is 0. The number of pyridine rings is 1. The molecule has 3 heteroatoms. The summed E-state index contributed by atoms with van der Waals surface area (Å²) >= 11 is 0. The Morgan fingerprint density at radius 2 is 2.25 bits per heavy atom. The van der Waals surface area contributed by atoms with Gasteiger partial charge in [0.2, 0.25) is 0 Å². The summed E-state index contributed by atoms with van der Waals surface area (Å²) in [5.41, 5.74) is -0.647. The molecule has 0 spiro atoms. The van der Waals surface area contributed by atoms with Crippen LogP contribution in [0.25, 0.3) is 0 Å². The zero-order valence-corrected chi connectivity index (χ0v) is 7.04. The molecule has 0 fully saturated rings. The van der Waals surface area contributed by atoms with Gasteiger partial charge in [-0.1, -0.05) is 0 Å². The van der Waals surface area contributed by atoms with Crippen LogP contribution in [-0.2, 0) is 10.2 Å². The predicted octanol–water partition coefficient (Wildman–Crippen LogP) is 1.70. The van der Waals surface area contributed by atoms with Crippen molar-refractivity contribution in [3.8, 4) is 0 Å². The van der Waals surface area contributed by atoms with Crippen molar-refractivity contribution in [3.05, 3.63) is 29.8 Å². The Bertz CT molecular complexity index is 296. The van der Waals surface area contributed by atoms with E-state index in [1.807, 2.05) is 0 Å². The Hall–Kier alpha value is -1.25. The molecule has 0 saturated carbocycles. The first-order valence-electron chi connectivity index (χ1n) is 3.65. The maximum Gasteiger partial charge on any atom is 0.145 e. The van der Waals surface area contributed by atoms with Crippen molar-refractivity contribution >= 4 is 6.29 Å². The number of aromatic nitrogens is 1. The van der Waals surface area contributed by atoms with E-state index in [0.29, 0.717) is 6.29 Å². The lowest BCUT2D eigenvalue weighted by atomic mass is 9.90. The van der Waals surface area contributed by atoms with Crippen molar-refractivity contribution in [2.24, 2.45) is 0 Å². The second-order valence-electron chi connectivity index (χ2n) is 3.17. The highest BCUT2D eigenvalue weighted by atomic mass is 19.1. The lowest BCUT2D eigenvalue weighted by Gasteiger charge is -2.15. The second kappa shape index (κ2) is 3.01. The van der Waals surface area contributed by atoms with Crippen LogP contribution in [-0.4, -0.2) is 11.3 Å². The quantitative estimate of drug-likeness (QED) is 0.627. The smallest absolute Gasteiger partial charge is 0.145 e. The molecule has 0 atom stereocenters. The zero-order valence-electron chi connectivity index (χ0n) is 7.04. The van der Waals surface area contributed by atoms with E-state index in [1.54, 1.807) is 13.8 Å². The standard InChI is InChI=1S/C9H10FNO/c1-9(2,6-12)8-7(10)4-3-5-11-8/h3-6H,1-2H3. The Kier molecular flexibility index (Phi) is 2.22. The third-order valence-electron chi connectivity index (χ3n) is 1.66. The summed E-state index contributed by atoms with van der Waals surface area (Å²) in [7, 11) is 0. The average Bonchev–Trinajstić information content (AvgIpc) is 2.05. The largest absolute Gasteiger partial charge is 0.302 e. The van der Waals surface area contributed by atoms with Crippen LogP contribution in [0.2, 0.25) is 0 Å². The van der Waals surface area contributed by atoms with Crippen LogP contribution < -0.4 is 0 Å². The molecule has 1 rings (SSSR count). The molecule has 0 aliphatic heterocycles. The molecule has 0 saturated heterocycles. The molecule has 2 nitrogen and oxygen atoms in total. The van der Waals surface area contributed by atoms with Crippen molar-refractivity contribution in [3.63, 3.8) is 0 Å². The normalized spacial score (nSPS) is 11.2. The molecule has 0 aromatic carbocycles. The van der Waals surface area contributed by atoms with Gasteiger partial charge in [-0.05, 0) is 26.0 Å². The van der Waals surface area contributed by atoms with E-state index in [4.69, 9.17) is 0 Å². The van der Waals surface area contributed by atoms with E-state index in [2.05, 4.69) is 4.98 Å². The molecule has 0 aliphatic rings. The highest BCUT2D eigenvalue weighted by Gasteiger charge is 2.24. The average molecular weight is 167 g/mol. The fourth-order valence-corrected chi connectivity index (χ4v) is 0.916. The fourth-order valence-electron chi connectivity index (χ4n) is 0.916. The molecule has 1 aromatic heterocycles. The van der Waals surface area contributed by atoms with Gasteiger partial charge in [0.05, 0.1) is 11.1 Å². The van der Waals surface area contributed by atoms with Gasteiger partial charge in [-0.2, -0.15) is 0 Å². The maximum absolute atomic E-state index is 13.1. The monoisotopic (exact) mass is 167 g/mol. The molecule has 0 radical (unpaired) electrons. The van der Waals surface area contributed by atoms with E-state index in [1.165, 1.54) is 18.3 Å². The van der Waals surface area contributed by atoms with Gasteiger partial charge in [0, 0.05) is 6.20 Å². The van der Waals surface area contributed by atoms with Crippen molar-refractivity contribution in [1.29, 1.82) is 0 Å². The highest BCUT2D eigenvalue weighted by Crippen LogP contribution is 2.20.